The summed E-state index contributed by atoms with van der Waals surface area (Å²) in [5, 5.41) is 10.5. The number of carbonyl (C=O) groups is 1. The van der Waals surface area contributed by atoms with Crippen LogP contribution in [-0.2, 0) is 0 Å². The van der Waals surface area contributed by atoms with Crippen LogP contribution in [0.2, 0.25) is 0 Å². The Morgan fingerprint density at radius 1 is 1.16 bits per heavy atom. The number of amides is 1. The van der Waals surface area contributed by atoms with E-state index in [1.807, 2.05) is 30.3 Å². The van der Waals surface area contributed by atoms with Gasteiger partial charge in [0.2, 0.25) is 0 Å². The van der Waals surface area contributed by atoms with E-state index >= 15 is 0 Å². The fraction of sp³-hybridized carbons (Fsp3) is 0.304. The second kappa shape index (κ2) is 9.07. The van der Waals surface area contributed by atoms with Gasteiger partial charge in [-0.15, -0.1) is 0 Å². The van der Waals surface area contributed by atoms with Crippen molar-refractivity contribution in [3.05, 3.63) is 59.9 Å². The molecular weight excluding hydrogens is 399 g/mol. The van der Waals surface area contributed by atoms with E-state index in [4.69, 9.17) is 9.47 Å². The lowest BCUT2D eigenvalue weighted by molar-refractivity contribution is 0.0932. The SMILES string of the molecule is COc1ccc(-c2cc(N3CCCC(NC(=O)c4ccc(OC)c(F)c4)C3)n[nH]2)cc1. The number of anilines is 1. The van der Waals surface area contributed by atoms with Crippen molar-refractivity contribution < 1.29 is 18.7 Å². The summed E-state index contributed by atoms with van der Waals surface area (Å²) in [6, 6.07) is 13.9. The molecule has 1 fully saturated rings. The van der Waals surface area contributed by atoms with Crippen LogP contribution in [0.4, 0.5) is 10.2 Å². The highest BCUT2D eigenvalue weighted by Gasteiger charge is 2.24. The number of ether oxygens (including phenoxy) is 2. The van der Waals surface area contributed by atoms with Gasteiger partial charge < -0.3 is 19.7 Å². The van der Waals surface area contributed by atoms with Gasteiger partial charge in [0.05, 0.1) is 19.9 Å². The molecule has 3 aromatic rings. The predicted octanol–water partition coefficient (Wildman–Crippen LogP) is 3.63. The molecule has 1 unspecified atom stereocenters. The Kier molecular flexibility index (Phi) is 6.06. The van der Waals surface area contributed by atoms with Crippen LogP contribution in [-0.4, -0.2) is 49.5 Å². The molecule has 0 spiro atoms. The zero-order valence-electron chi connectivity index (χ0n) is 17.5. The highest BCUT2D eigenvalue weighted by molar-refractivity contribution is 5.94. The number of H-pyrrole nitrogens is 1. The lowest BCUT2D eigenvalue weighted by atomic mass is 10.0. The molecule has 2 N–H and O–H groups in total. The third-order valence-electron chi connectivity index (χ3n) is 5.46. The standard InChI is InChI=1S/C23H25FN4O3/c1-30-18-8-5-15(6-9-18)20-13-22(27-26-20)28-11-3-4-17(14-28)25-23(29)16-7-10-21(31-2)19(24)12-16/h5-10,12-13,17H,3-4,11,14H2,1-2H3,(H,25,29)(H,26,27). The summed E-state index contributed by atoms with van der Waals surface area (Å²) in [7, 11) is 3.03. The number of nitrogens with zero attached hydrogens (tertiary/aromatic N) is 2. The first-order valence-electron chi connectivity index (χ1n) is 10.2. The summed E-state index contributed by atoms with van der Waals surface area (Å²) in [6.45, 7) is 1.49. The zero-order valence-corrected chi connectivity index (χ0v) is 17.5. The van der Waals surface area contributed by atoms with E-state index in [9.17, 15) is 9.18 Å². The van der Waals surface area contributed by atoms with Gasteiger partial charge in [0.1, 0.15) is 5.75 Å². The van der Waals surface area contributed by atoms with Crippen molar-refractivity contribution >= 4 is 11.7 Å². The van der Waals surface area contributed by atoms with E-state index in [0.717, 1.165) is 42.2 Å². The van der Waals surface area contributed by atoms with Gasteiger partial charge in [0, 0.05) is 30.8 Å². The number of aromatic amines is 1. The lowest BCUT2D eigenvalue weighted by Crippen LogP contribution is -2.48. The summed E-state index contributed by atoms with van der Waals surface area (Å²) >= 11 is 0. The van der Waals surface area contributed by atoms with E-state index in [1.54, 1.807) is 13.2 Å². The number of halogens is 1. The molecule has 1 aromatic heterocycles. The third kappa shape index (κ3) is 4.63. The van der Waals surface area contributed by atoms with E-state index in [1.165, 1.54) is 19.2 Å². The molecule has 31 heavy (non-hydrogen) atoms. The maximum atomic E-state index is 13.9. The van der Waals surface area contributed by atoms with Crippen molar-refractivity contribution in [2.45, 2.75) is 18.9 Å². The first-order valence-corrected chi connectivity index (χ1v) is 10.2. The van der Waals surface area contributed by atoms with Crippen LogP contribution >= 0.6 is 0 Å². The molecule has 0 bridgehead atoms. The van der Waals surface area contributed by atoms with Gasteiger partial charge >= 0.3 is 0 Å². The van der Waals surface area contributed by atoms with Gasteiger partial charge in [-0.2, -0.15) is 5.10 Å². The van der Waals surface area contributed by atoms with Crippen LogP contribution in [0.25, 0.3) is 11.3 Å². The summed E-state index contributed by atoms with van der Waals surface area (Å²) in [6.07, 6.45) is 1.78. The van der Waals surface area contributed by atoms with Crippen molar-refractivity contribution in [3.63, 3.8) is 0 Å². The first kappa shape index (κ1) is 20.7. The molecule has 1 atom stereocenters. The first-order chi connectivity index (χ1) is 15.1. The Hall–Kier alpha value is -3.55. The quantitative estimate of drug-likeness (QED) is 0.632. The molecule has 2 heterocycles. The Balaban J connectivity index is 1.41. The molecule has 1 aliphatic rings. The number of nitrogens with one attached hydrogen (secondary N) is 2. The van der Waals surface area contributed by atoms with Crippen LogP contribution in [0.5, 0.6) is 11.5 Å². The van der Waals surface area contributed by atoms with Gasteiger partial charge in [0.25, 0.3) is 5.91 Å². The number of hydrogen-bond acceptors (Lipinski definition) is 5. The van der Waals surface area contributed by atoms with Crippen LogP contribution in [0.3, 0.4) is 0 Å². The Bertz CT molecular complexity index is 1050. The topological polar surface area (TPSA) is 79.5 Å². The maximum Gasteiger partial charge on any atom is 0.251 e. The summed E-state index contributed by atoms with van der Waals surface area (Å²) < 4.78 is 24.0. The van der Waals surface area contributed by atoms with Gasteiger partial charge in [-0.3, -0.25) is 9.89 Å². The normalized spacial score (nSPS) is 16.1. The number of methoxy groups -OCH3 is 2. The van der Waals surface area contributed by atoms with E-state index in [2.05, 4.69) is 20.4 Å². The largest absolute Gasteiger partial charge is 0.497 e. The summed E-state index contributed by atoms with van der Waals surface area (Å²) in [5.41, 5.74) is 2.21. The summed E-state index contributed by atoms with van der Waals surface area (Å²) in [5.74, 6) is 0.902. The van der Waals surface area contributed by atoms with E-state index in [-0.39, 0.29) is 23.3 Å². The maximum absolute atomic E-state index is 13.9. The number of hydrogen-bond donors (Lipinski definition) is 2. The molecule has 4 rings (SSSR count). The molecule has 7 nitrogen and oxygen atoms in total. The molecule has 1 aliphatic heterocycles. The van der Waals surface area contributed by atoms with Crippen molar-refractivity contribution in [2.75, 3.05) is 32.2 Å². The zero-order chi connectivity index (χ0) is 21.8. The minimum atomic E-state index is -0.553. The smallest absolute Gasteiger partial charge is 0.251 e. The fourth-order valence-corrected chi connectivity index (χ4v) is 3.77. The number of piperidine rings is 1. The van der Waals surface area contributed by atoms with E-state index < -0.39 is 5.82 Å². The van der Waals surface area contributed by atoms with E-state index in [0.29, 0.717) is 6.54 Å². The molecule has 2 aromatic carbocycles. The molecule has 8 heteroatoms. The Labute approximate surface area is 180 Å². The predicted molar refractivity (Wildman–Crippen MR) is 116 cm³/mol. The molecular formula is C23H25FN4O3. The van der Waals surface area contributed by atoms with Crippen LogP contribution in [0.1, 0.15) is 23.2 Å². The van der Waals surface area contributed by atoms with Crippen molar-refractivity contribution in [2.24, 2.45) is 0 Å². The average molecular weight is 424 g/mol. The van der Waals surface area contributed by atoms with Gasteiger partial charge in [-0.05, 0) is 60.9 Å². The number of aromatic nitrogens is 2. The third-order valence-corrected chi connectivity index (χ3v) is 5.46. The monoisotopic (exact) mass is 424 g/mol. The van der Waals surface area contributed by atoms with Crippen LogP contribution < -0.4 is 19.7 Å². The van der Waals surface area contributed by atoms with Gasteiger partial charge in [-0.1, -0.05) is 0 Å². The molecule has 1 saturated heterocycles. The fourth-order valence-electron chi connectivity index (χ4n) is 3.77. The number of carbonyl (C=O) groups excluding carboxylic acids is 1. The van der Waals surface area contributed by atoms with Gasteiger partial charge in [-0.25, -0.2) is 4.39 Å². The molecule has 1 amide bonds. The minimum Gasteiger partial charge on any atom is -0.497 e. The Morgan fingerprint density at radius 2 is 1.97 bits per heavy atom. The highest BCUT2D eigenvalue weighted by Crippen LogP contribution is 2.26. The molecule has 162 valence electrons. The van der Waals surface area contributed by atoms with Crippen LogP contribution in [0.15, 0.2) is 48.5 Å². The van der Waals surface area contributed by atoms with Crippen molar-refractivity contribution in [1.29, 1.82) is 0 Å². The second-order valence-corrected chi connectivity index (χ2v) is 7.48. The average Bonchev–Trinajstić information content (AvgIpc) is 3.29. The highest BCUT2D eigenvalue weighted by atomic mass is 19.1. The van der Waals surface area contributed by atoms with Crippen LogP contribution in [0, 0.1) is 5.82 Å². The number of rotatable bonds is 6. The number of benzene rings is 2. The molecule has 0 radical (unpaired) electrons. The van der Waals surface area contributed by atoms with Crippen molar-refractivity contribution in [1.82, 2.24) is 15.5 Å². The molecule has 0 saturated carbocycles. The minimum absolute atomic E-state index is 0.0486. The summed E-state index contributed by atoms with van der Waals surface area (Å²) in [4.78, 5) is 14.7. The van der Waals surface area contributed by atoms with Crippen molar-refractivity contribution in [3.8, 4) is 22.8 Å². The Morgan fingerprint density at radius 3 is 2.68 bits per heavy atom. The van der Waals surface area contributed by atoms with Gasteiger partial charge in [0.15, 0.2) is 17.4 Å². The lowest BCUT2D eigenvalue weighted by Gasteiger charge is -2.33. The second-order valence-electron chi connectivity index (χ2n) is 7.48. The molecule has 0 aliphatic carbocycles.